The van der Waals surface area contributed by atoms with Crippen LogP contribution in [0.1, 0.15) is 30.1 Å². The molecule has 0 spiro atoms. The van der Waals surface area contributed by atoms with Crippen LogP contribution < -0.4 is 0 Å². The number of carbonyl (C=O) groups excluding carboxylic acids is 2. The van der Waals surface area contributed by atoms with Crippen molar-refractivity contribution in [1.82, 2.24) is 0 Å². The van der Waals surface area contributed by atoms with Crippen molar-refractivity contribution in [3.8, 4) is 0 Å². The lowest BCUT2D eigenvalue weighted by Gasteiger charge is -2.05. The fourth-order valence-electron chi connectivity index (χ4n) is 1.25. The van der Waals surface area contributed by atoms with E-state index in [1.807, 2.05) is 6.92 Å². The fraction of sp³-hybridized carbons (Fsp3) is 0.286. The first-order valence-electron chi connectivity index (χ1n) is 5.62. The van der Waals surface area contributed by atoms with Crippen LogP contribution in [0, 0.1) is 0 Å². The number of benzene rings is 1. The molecule has 3 nitrogen and oxygen atoms in total. The minimum absolute atomic E-state index is 0.118. The highest BCUT2D eigenvalue weighted by Gasteiger charge is 2.18. The molecule has 0 amide bonds. The molecule has 0 saturated carbocycles. The van der Waals surface area contributed by atoms with E-state index in [1.54, 1.807) is 30.3 Å². The van der Waals surface area contributed by atoms with Crippen LogP contribution in [-0.4, -0.2) is 18.4 Å². The van der Waals surface area contributed by atoms with Gasteiger partial charge in [0.1, 0.15) is 5.57 Å². The molecule has 0 heterocycles. The van der Waals surface area contributed by atoms with E-state index >= 15 is 0 Å². The van der Waals surface area contributed by atoms with Gasteiger partial charge in [-0.15, -0.1) is 0 Å². The summed E-state index contributed by atoms with van der Waals surface area (Å²) in [5.41, 5.74) is 0.331. The lowest BCUT2D eigenvalue weighted by Crippen LogP contribution is -2.15. The van der Waals surface area contributed by atoms with Gasteiger partial charge in [-0.2, -0.15) is 0 Å². The van der Waals surface area contributed by atoms with E-state index in [0.29, 0.717) is 12.2 Å². The van der Waals surface area contributed by atoms with Crippen LogP contribution in [0.2, 0.25) is 0 Å². The third-order valence-corrected chi connectivity index (χ3v) is 2.29. The predicted molar refractivity (Wildman–Crippen MR) is 65.8 cm³/mol. The van der Waals surface area contributed by atoms with Gasteiger partial charge < -0.3 is 4.74 Å². The highest BCUT2D eigenvalue weighted by atomic mass is 16.5. The highest BCUT2D eigenvalue weighted by molar-refractivity contribution is 6.23. The Labute approximate surface area is 101 Å². The first-order valence-corrected chi connectivity index (χ1v) is 5.62. The summed E-state index contributed by atoms with van der Waals surface area (Å²) in [6, 6.07) is 8.57. The number of ether oxygens (including phenoxy) is 1. The number of carbonyl (C=O) groups is 2. The molecule has 0 saturated heterocycles. The molecule has 0 atom stereocenters. The molecule has 0 N–H and O–H groups in total. The Hall–Kier alpha value is -1.90. The van der Waals surface area contributed by atoms with Crippen LogP contribution in [0.15, 0.2) is 42.5 Å². The zero-order valence-corrected chi connectivity index (χ0v) is 9.94. The third kappa shape index (κ3) is 3.87. The van der Waals surface area contributed by atoms with E-state index in [0.717, 1.165) is 12.8 Å². The van der Waals surface area contributed by atoms with Crippen molar-refractivity contribution in [2.24, 2.45) is 0 Å². The van der Waals surface area contributed by atoms with Crippen LogP contribution in [0.25, 0.3) is 0 Å². The summed E-state index contributed by atoms with van der Waals surface area (Å²) in [7, 11) is 0. The maximum Gasteiger partial charge on any atom is 0.341 e. The normalized spacial score (nSPS) is 9.71. The number of unbranched alkanes of at least 4 members (excludes halogenated alkanes) is 1. The summed E-state index contributed by atoms with van der Waals surface area (Å²) in [4.78, 5) is 23.3. The van der Waals surface area contributed by atoms with Crippen molar-refractivity contribution in [2.75, 3.05) is 6.61 Å². The lowest BCUT2D eigenvalue weighted by atomic mass is 10.1. The van der Waals surface area contributed by atoms with E-state index in [-0.39, 0.29) is 11.4 Å². The topological polar surface area (TPSA) is 43.4 Å². The van der Waals surface area contributed by atoms with Gasteiger partial charge in [-0.1, -0.05) is 50.3 Å². The van der Waals surface area contributed by atoms with Crippen LogP contribution in [0.3, 0.4) is 0 Å². The van der Waals surface area contributed by atoms with Crippen LogP contribution in [0.4, 0.5) is 0 Å². The SMILES string of the molecule is C=C(C(=O)OCCCC)C(=O)c1ccccc1. The molecule has 0 aliphatic carbocycles. The summed E-state index contributed by atoms with van der Waals surface area (Å²) >= 11 is 0. The Bertz CT molecular complexity index is 407. The monoisotopic (exact) mass is 232 g/mol. The van der Waals surface area contributed by atoms with Crippen LogP contribution in [-0.2, 0) is 9.53 Å². The fourth-order valence-corrected chi connectivity index (χ4v) is 1.25. The number of ketones is 1. The maximum absolute atomic E-state index is 11.8. The Kier molecular flexibility index (Phi) is 5.14. The van der Waals surface area contributed by atoms with Crippen molar-refractivity contribution in [3.63, 3.8) is 0 Å². The molecule has 0 radical (unpaired) electrons. The number of hydrogen-bond acceptors (Lipinski definition) is 3. The standard InChI is InChI=1S/C14H16O3/c1-3-4-10-17-14(16)11(2)13(15)12-8-6-5-7-9-12/h5-9H,2-4,10H2,1H3. The first kappa shape index (κ1) is 13.2. The van der Waals surface area contributed by atoms with Gasteiger partial charge in [-0.3, -0.25) is 4.79 Å². The van der Waals surface area contributed by atoms with Crippen LogP contribution >= 0.6 is 0 Å². The molecule has 0 aromatic heterocycles. The molecular weight excluding hydrogens is 216 g/mol. The Morgan fingerprint density at radius 3 is 2.47 bits per heavy atom. The molecule has 90 valence electrons. The number of rotatable bonds is 6. The molecule has 0 bridgehead atoms. The quantitative estimate of drug-likeness (QED) is 0.189. The van der Waals surface area contributed by atoms with E-state index in [2.05, 4.69) is 6.58 Å². The molecule has 1 rings (SSSR count). The Morgan fingerprint density at radius 2 is 1.88 bits per heavy atom. The predicted octanol–water partition coefficient (Wildman–Crippen LogP) is 2.77. The second kappa shape index (κ2) is 6.63. The minimum atomic E-state index is -0.632. The average Bonchev–Trinajstić information content (AvgIpc) is 2.38. The maximum atomic E-state index is 11.8. The number of esters is 1. The van der Waals surface area contributed by atoms with E-state index in [4.69, 9.17) is 4.74 Å². The molecule has 0 fully saturated rings. The van der Waals surface area contributed by atoms with Crippen molar-refractivity contribution >= 4 is 11.8 Å². The van der Waals surface area contributed by atoms with Crippen molar-refractivity contribution < 1.29 is 14.3 Å². The minimum Gasteiger partial charge on any atom is -0.462 e. The summed E-state index contributed by atoms with van der Waals surface area (Å²) in [5.74, 6) is -1.01. The zero-order valence-electron chi connectivity index (χ0n) is 9.94. The number of Topliss-reactive ketones (excluding diaryl/α,β-unsaturated/α-hetero) is 1. The third-order valence-electron chi connectivity index (χ3n) is 2.29. The smallest absolute Gasteiger partial charge is 0.341 e. The molecule has 0 aliphatic heterocycles. The highest BCUT2D eigenvalue weighted by Crippen LogP contribution is 2.08. The van der Waals surface area contributed by atoms with Gasteiger partial charge in [0.25, 0.3) is 0 Å². The van der Waals surface area contributed by atoms with Crippen molar-refractivity contribution in [2.45, 2.75) is 19.8 Å². The van der Waals surface area contributed by atoms with Gasteiger partial charge in [-0.25, -0.2) is 4.79 Å². The average molecular weight is 232 g/mol. The van der Waals surface area contributed by atoms with Crippen molar-refractivity contribution in [3.05, 3.63) is 48.0 Å². The Morgan fingerprint density at radius 1 is 1.24 bits per heavy atom. The Balaban J connectivity index is 2.58. The summed E-state index contributed by atoms with van der Waals surface area (Å²) < 4.78 is 4.93. The van der Waals surface area contributed by atoms with E-state index in [9.17, 15) is 9.59 Å². The lowest BCUT2D eigenvalue weighted by molar-refractivity contribution is -0.138. The molecule has 3 heteroatoms. The van der Waals surface area contributed by atoms with Gasteiger partial charge >= 0.3 is 5.97 Å². The summed E-state index contributed by atoms with van der Waals surface area (Å²) in [5, 5.41) is 0. The largest absolute Gasteiger partial charge is 0.462 e. The molecule has 0 aliphatic rings. The van der Waals surface area contributed by atoms with Gasteiger partial charge in [0, 0.05) is 5.56 Å². The second-order valence-electron chi connectivity index (χ2n) is 3.66. The zero-order chi connectivity index (χ0) is 12.7. The molecule has 1 aromatic rings. The second-order valence-corrected chi connectivity index (χ2v) is 3.66. The number of hydrogen-bond donors (Lipinski definition) is 0. The first-order chi connectivity index (χ1) is 8.16. The summed E-state index contributed by atoms with van der Waals surface area (Å²) in [6.45, 7) is 5.81. The van der Waals surface area contributed by atoms with Gasteiger partial charge in [0.15, 0.2) is 5.78 Å². The van der Waals surface area contributed by atoms with Crippen molar-refractivity contribution in [1.29, 1.82) is 0 Å². The van der Waals surface area contributed by atoms with Crippen LogP contribution in [0.5, 0.6) is 0 Å². The molecular formula is C14H16O3. The van der Waals surface area contributed by atoms with Gasteiger partial charge in [0.2, 0.25) is 0 Å². The van der Waals surface area contributed by atoms with E-state index in [1.165, 1.54) is 0 Å². The summed E-state index contributed by atoms with van der Waals surface area (Å²) in [6.07, 6.45) is 1.73. The van der Waals surface area contributed by atoms with Gasteiger partial charge in [-0.05, 0) is 6.42 Å². The molecule has 1 aromatic carbocycles. The molecule has 17 heavy (non-hydrogen) atoms. The van der Waals surface area contributed by atoms with E-state index < -0.39 is 5.97 Å². The molecule has 0 unspecified atom stereocenters. The van der Waals surface area contributed by atoms with Gasteiger partial charge in [0.05, 0.1) is 6.61 Å².